The van der Waals surface area contributed by atoms with Gasteiger partial charge in [0.1, 0.15) is 6.61 Å². The predicted molar refractivity (Wildman–Crippen MR) is 130 cm³/mol. The topological polar surface area (TPSA) is 74.2 Å². The molecular formula is C26H50O6. The lowest BCUT2D eigenvalue weighted by atomic mass is 10.1. The Labute approximate surface area is 197 Å². The molecule has 6 heteroatoms. The van der Waals surface area contributed by atoms with Gasteiger partial charge in [0.2, 0.25) is 0 Å². The molecule has 1 N–H and O–H groups in total. The molecule has 0 saturated heterocycles. The van der Waals surface area contributed by atoms with Crippen molar-refractivity contribution in [2.24, 2.45) is 0 Å². The number of aliphatic hydroxyl groups excluding tert-OH is 1. The Hall–Kier alpha value is -0.950. The standard InChI is InChI=1S/C26H50O6/c1-2-3-4-5-6-7-8-9-10-11-12-13-14-15-16-17-26(28)32-25-24-31-23-22-30-21-20-29-19-18-27/h9-10,27H,2-8,11-25H2,1H3/b10-9-. The van der Waals surface area contributed by atoms with Crippen LogP contribution in [0.15, 0.2) is 12.2 Å². The third-order valence-electron chi connectivity index (χ3n) is 5.11. The summed E-state index contributed by atoms with van der Waals surface area (Å²) < 4.78 is 20.9. The smallest absolute Gasteiger partial charge is 0.305 e. The van der Waals surface area contributed by atoms with Gasteiger partial charge in [0.25, 0.3) is 0 Å². The van der Waals surface area contributed by atoms with Crippen molar-refractivity contribution in [1.82, 2.24) is 0 Å². The minimum Gasteiger partial charge on any atom is -0.463 e. The molecule has 0 saturated carbocycles. The van der Waals surface area contributed by atoms with Crippen molar-refractivity contribution < 1.29 is 28.8 Å². The van der Waals surface area contributed by atoms with Crippen molar-refractivity contribution in [3.63, 3.8) is 0 Å². The highest BCUT2D eigenvalue weighted by atomic mass is 16.6. The van der Waals surface area contributed by atoms with Gasteiger partial charge in [-0.25, -0.2) is 0 Å². The highest BCUT2D eigenvalue weighted by molar-refractivity contribution is 5.69. The van der Waals surface area contributed by atoms with Crippen LogP contribution in [0.25, 0.3) is 0 Å². The number of esters is 1. The van der Waals surface area contributed by atoms with Crippen LogP contribution < -0.4 is 0 Å². The Morgan fingerprint density at radius 3 is 1.66 bits per heavy atom. The molecule has 0 fully saturated rings. The van der Waals surface area contributed by atoms with Gasteiger partial charge in [-0.3, -0.25) is 4.79 Å². The van der Waals surface area contributed by atoms with E-state index in [1.807, 2.05) is 0 Å². The minimum absolute atomic E-state index is 0.0269. The Kier molecular flexibility index (Phi) is 27.2. The molecule has 0 radical (unpaired) electrons. The fourth-order valence-electron chi connectivity index (χ4n) is 3.23. The zero-order chi connectivity index (χ0) is 23.4. The minimum atomic E-state index is -0.136. The summed E-state index contributed by atoms with van der Waals surface area (Å²) in [4.78, 5) is 11.7. The Bertz CT molecular complexity index is 400. The second-order valence-electron chi connectivity index (χ2n) is 8.12. The van der Waals surface area contributed by atoms with Gasteiger partial charge < -0.3 is 24.1 Å². The van der Waals surface area contributed by atoms with E-state index < -0.39 is 0 Å². The Balaban J connectivity index is 3.20. The number of ether oxygens (including phenoxy) is 4. The maximum atomic E-state index is 11.7. The highest BCUT2D eigenvalue weighted by Gasteiger charge is 2.02. The first-order valence-electron chi connectivity index (χ1n) is 13.0. The summed E-state index contributed by atoms with van der Waals surface area (Å²) in [5.41, 5.74) is 0. The molecule has 0 aromatic heterocycles. The number of carbonyl (C=O) groups excluding carboxylic acids is 1. The van der Waals surface area contributed by atoms with Crippen LogP contribution in [0.1, 0.15) is 96.8 Å². The molecule has 6 nitrogen and oxygen atoms in total. The van der Waals surface area contributed by atoms with E-state index in [4.69, 9.17) is 24.1 Å². The molecule has 0 heterocycles. The molecule has 0 atom stereocenters. The van der Waals surface area contributed by atoms with Crippen molar-refractivity contribution >= 4 is 5.97 Å². The van der Waals surface area contributed by atoms with Crippen LogP contribution >= 0.6 is 0 Å². The molecular weight excluding hydrogens is 408 g/mol. The van der Waals surface area contributed by atoms with Gasteiger partial charge in [0.05, 0.1) is 46.2 Å². The van der Waals surface area contributed by atoms with Gasteiger partial charge in [0, 0.05) is 6.42 Å². The number of rotatable bonds is 26. The number of aliphatic hydroxyl groups is 1. The molecule has 190 valence electrons. The molecule has 0 bridgehead atoms. The second kappa shape index (κ2) is 28.1. The summed E-state index contributed by atoms with van der Waals surface area (Å²) >= 11 is 0. The van der Waals surface area contributed by atoms with Crippen LogP contribution in [0.3, 0.4) is 0 Å². The molecule has 0 aliphatic carbocycles. The van der Waals surface area contributed by atoms with E-state index in [9.17, 15) is 4.79 Å². The van der Waals surface area contributed by atoms with Crippen molar-refractivity contribution in [3.05, 3.63) is 12.2 Å². The van der Waals surface area contributed by atoms with Crippen LogP contribution in [0, 0.1) is 0 Å². The van der Waals surface area contributed by atoms with Crippen molar-refractivity contribution in [1.29, 1.82) is 0 Å². The van der Waals surface area contributed by atoms with E-state index in [1.54, 1.807) is 0 Å². The van der Waals surface area contributed by atoms with Gasteiger partial charge in [-0.1, -0.05) is 70.4 Å². The fraction of sp³-hybridized carbons (Fsp3) is 0.885. The summed E-state index contributed by atoms with van der Waals surface area (Å²) in [6.07, 6.45) is 21.5. The van der Waals surface area contributed by atoms with Crippen LogP contribution in [-0.4, -0.2) is 63.9 Å². The zero-order valence-electron chi connectivity index (χ0n) is 20.7. The van der Waals surface area contributed by atoms with Crippen LogP contribution in [-0.2, 0) is 23.7 Å². The number of unbranched alkanes of at least 4 members (excludes halogenated alkanes) is 11. The quantitative estimate of drug-likeness (QED) is 0.103. The van der Waals surface area contributed by atoms with Crippen LogP contribution in [0.5, 0.6) is 0 Å². The summed E-state index contributed by atoms with van der Waals surface area (Å²) in [5, 5.41) is 8.55. The van der Waals surface area contributed by atoms with E-state index >= 15 is 0 Å². The van der Waals surface area contributed by atoms with Crippen molar-refractivity contribution in [3.8, 4) is 0 Å². The first kappa shape index (κ1) is 31.0. The second-order valence-corrected chi connectivity index (χ2v) is 8.12. The normalized spacial score (nSPS) is 11.4. The van der Waals surface area contributed by atoms with E-state index in [-0.39, 0.29) is 12.6 Å². The molecule has 0 aromatic carbocycles. The zero-order valence-corrected chi connectivity index (χ0v) is 20.7. The third kappa shape index (κ3) is 27.1. The van der Waals surface area contributed by atoms with Gasteiger partial charge in [-0.15, -0.1) is 0 Å². The highest BCUT2D eigenvalue weighted by Crippen LogP contribution is 2.10. The number of carbonyl (C=O) groups is 1. The van der Waals surface area contributed by atoms with Gasteiger partial charge in [0.15, 0.2) is 0 Å². The van der Waals surface area contributed by atoms with Crippen LogP contribution in [0.4, 0.5) is 0 Å². The number of hydrogen-bond donors (Lipinski definition) is 1. The monoisotopic (exact) mass is 458 g/mol. The van der Waals surface area contributed by atoms with E-state index in [1.165, 1.54) is 70.6 Å². The predicted octanol–water partition coefficient (Wildman–Crippen LogP) is 5.61. The maximum Gasteiger partial charge on any atom is 0.305 e. The van der Waals surface area contributed by atoms with Gasteiger partial charge in [-0.2, -0.15) is 0 Å². The van der Waals surface area contributed by atoms with Crippen molar-refractivity contribution in [2.45, 2.75) is 96.8 Å². The molecule has 0 aliphatic heterocycles. The lowest BCUT2D eigenvalue weighted by Gasteiger charge is -2.07. The molecule has 0 aliphatic rings. The third-order valence-corrected chi connectivity index (χ3v) is 5.11. The lowest BCUT2D eigenvalue weighted by Crippen LogP contribution is -2.14. The summed E-state index contributed by atoms with van der Waals surface area (Å²) in [7, 11) is 0. The summed E-state index contributed by atoms with van der Waals surface area (Å²) in [6, 6.07) is 0. The van der Waals surface area contributed by atoms with Gasteiger partial charge >= 0.3 is 5.97 Å². The van der Waals surface area contributed by atoms with Crippen molar-refractivity contribution in [2.75, 3.05) is 52.9 Å². The van der Waals surface area contributed by atoms with Crippen LogP contribution in [0.2, 0.25) is 0 Å². The van der Waals surface area contributed by atoms with E-state index in [0.717, 1.165) is 12.8 Å². The molecule has 0 aromatic rings. The van der Waals surface area contributed by atoms with Gasteiger partial charge in [-0.05, 0) is 32.1 Å². The Morgan fingerprint density at radius 1 is 0.625 bits per heavy atom. The Morgan fingerprint density at radius 2 is 1.09 bits per heavy atom. The molecule has 32 heavy (non-hydrogen) atoms. The SMILES string of the molecule is CCCCCCCC/C=C\CCCCCCCC(=O)OCCOCCOCCOCCO. The van der Waals surface area contributed by atoms with E-state index in [2.05, 4.69) is 19.1 Å². The summed E-state index contributed by atoms with van der Waals surface area (Å²) in [6.45, 7) is 5.20. The average Bonchev–Trinajstić information content (AvgIpc) is 2.80. The first-order valence-corrected chi connectivity index (χ1v) is 13.0. The summed E-state index contributed by atoms with van der Waals surface area (Å²) in [5.74, 6) is -0.136. The van der Waals surface area contributed by atoms with E-state index in [0.29, 0.717) is 52.7 Å². The fourth-order valence-corrected chi connectivity index (χ4v) is 3.23. The molecule has 0 spiro atoms. The average molecular weight is 459 g/mol. The number of allylic oxidation sites excluding steroid dienone is 2. The molecule has 0 amide bonds. The first-order chi connectivity index (χ1) is 15.8. The largest absolute Gasteiger partial charge is 0.463 e. The number of hydrogen-bond acceptors (Lipinski definition) is 6. The molecule has 0 rings (SSSR count). The molecule has 0 unspecified atom stereocenters. The lowest BCUT2D eigenvalue weighted by molar-refractivity contribution is -0.145. The maximum absolute atomic E-state index is 11.7.